The van der Waals surface area contributed by atoms with Crippen molar-refractivity contribution in [2.75, 3.05) is 17.2 Å². The topological polar surface area (TPSA) is 77.2 Å². The second-order valence-electron chi connectivity index (χ2n) is 5.29. The van der Waals surface area contributed by atoms with Gasteiger partial charge in [-0.1, -0.05) is 0 Å². The zero-order chi connectivity index (χ0) is 15.7. The first kappa shape index (κ1) is 17.0. The first-order chi connectivity index (χ1) is 8.95. The predicted octanol–water partition coefficient (Wildman–Crippen LogP) is 1.87. The van der Waals surface area contributed by atoms with Crippen molar-refractivity contribution in [3.05, 3.63) is 23.8 Å². The minimum absolute atomic E-state index is 0.122. The second kappa shape index (κ2) is 5.77. The molecule has 0 fully saturated rings. The summed E-state index contributed by atoms with van der Waals surface area (Å²) in [6.07, 6.45) is 0. The van der Waals surface area contributed by atoms with E-state index < -0.39 is 47.7 Å². The Labute approximate surface area is 119 Å². The summed E-state index contributed by atoms with van der Waals surface area (Å²) in [5.74, 6) is -2.84. The minimum Gasteiger partial charge on any atom is -0.399 e. The molecule has 1 aromatic rings. The third-order valence-corrected chi connectivity index (χ3v) is 7.01. The van der Waals surface area contributed by atoms with Gasteiger partial charge in [-0.25, -0.2) is 17.2 Å². The number of benzene rings is 1. The van der Waals surface area contributed by atoms with E-state index in [4.69, 9.17) is 5.73 Å². The maximum atomic E-state index is 13.6. The Balaban J connectivity index is 2.95. The highest BCUT2D eigenvalue weighted by Crippen LogP contribution is 2.22. The molecule has 1 unspecified atom stereocenters. The quantitative estimate of drug-likeness (QED) is 0.857. The van der Waals surface area contributed by atoms with Gasteiger partial charge < -0.3 is 5.73 Å². The van der Waals surface area contributed by atoms with Crippen LogP contribution in [0.5, 0.6) is 0 Å². The van der Waals surface area contributed by atoms with E-state index in [2.05, 4.69) is 0 Å². The molecular formula is C12H17F2NO3S2. The van der Waals surface area contributed by atoms with Crippen LogP contribution in [-0.2, 0) is 20.6 Å². The lowest BCUT2D eigenvalue weighted by molar-refractivity contribution is 0.535. The monoisotopic (exact) mass is 325 g/mol. The molecule has 0 spiro atoms. The van der Waals surface area contributed by atoms with E-state index in [1.165, 1.54) is 20.8 Å². The summed E-state index contributed by atoms with van der Waals surface area (Å²) in [6.45, 7) is 4.53. The number of halogens is 2. The molecule has 0 saturated carbocycles. The summed E-state index contributed by atoms with van der Waals surface area (Å²) in [5.41, 5.74) is 5.13. The van der Waals surface area contributed by atoms with Crippen LogP contribution in [0.2, 0.25) is 0 Å². The smallest absolute Gasteiger partial charge is 0.156 e. The van der Waals surface area contributed by atoms with E-state index in [9.17, 15) is 21.4 Å². The van der Waals surface area contributed by atoms with E-state index in [0.717, 1.165) is 12.1 Å². The number of sulfone groups is 1. The van der Waals surface area contributed by atoms with Crippen LogP contribution in [0.4, 0.5) is 14.5 Å². The van der Waals surface area contributed by atoms with E-state index >= 15 is 0 Å². The van der Waals surface area contributed by atoms with Gasteiger partial charge in [0.05, 0.1) is 21.3 Å². The highest BCUT2D eigenvalue weighted by Gasteiger charge is 2.30. The van der Waals surface area contributed by atoms with E-state index in [1.54, 1.807) is 0 Å². The number of hydrogen-bond donors (Lipinski definition) is 1. The van der Waals surface area contributed by atoms with Crippen LogP contribution in [0.3, 0.4) is 0 Å². The fraction of sp³-hybridized carbons (Fsp3) is 0.500. The molecule has 0 heterocycles. The largest absolute Gasteiger partial charge is 0.399 e. The summed E-state index contributed by atoms with van der Waals surface area (Å²) in [4.78, 5) is -0.636. The number of nitrogens with two attached hydrogens (primary N) is 1. The first-order valence-corrected chi connectivity index (χ1v) is 8.78. The van der Waals surface area contributed by atoms with Crippen molar-refractivity contribution in [3.8, 4) is 0 Å². The van der Waals surface area contributed by atoms with Gasteiger partial charge in [0.25, 0.3) is 0 Å². The Morgan fingerprint density at radius 2 is 1.65 bits per heavy atom. The molecule has 2 N–H and O–H groups in total. The van der Waals surface area contributed by atoms with Crippen LogP contribution >= 0.6 is 0 Å². The van der Waals surface area contributed by atoms with Crippen LogP contribution < -0.4 is 5.73 Å². The third kappa shape index (κ3) is 3.76. The standard InChI is InChI=1S/C12H17F2NO3S2/c1-12(2,3)20(17,18)5-4-19(16)11-9(13)6-8(15)7-10(11)14/h6-7H,4-5,15H2,1-3H3. The molecule has 0 aliphatic carbocycles. The summed E-state index contributed by atoms with van der Waals surface area (Å²) >= 11 is 0. The number of hydrogen-bond acceptors (Lipinski definition) is 4. The number of nitrogen functional groups attached to an aromatic ring is 1. The lowest BCUT2D eigenvalue weighted by atomic mass is 10.3. The number of rotatable bonds is 4. The molecule has 0 saturated heterocycles. The van der Waals surface area contributed by atoms with Gasteiger partial charge in [-0.05, 0) is 32.9 Å². The van der Waals surface area contributed by atoms with Gasteiger partial charge in [0.2, 0.25) is 0 Å². The molecule has 0 radical (unpaired) electrons. The molecule has 1 atom stereocenters. The average Bonchev–Trinajstić information content (AvgIpc) is 2.23. The zero-order valence-electron chi connectivity index (χ0n) is 11.4. The van der Waals surface area contributed by atoms with Gasteiger partial charge in [0.15, 0.2) is 9.84 Å². The van der Waals surface area contributed by atoms with Gasteiger partial charge >= 0.3 is 0 Å². The van der Waals surface area contributed by atoms with Crippen LogP contribution in [0.25, 0.3) is 0 Å². The summed E-state index contributed by atoms with van der Waals surface area (Å²) in [5, 5.41) is 0. The molecule has 0 aliphatic heterocycles. The van der Waals surface area contributed by atoms with Crippen molar-refractivity contribution in [2.24, 2.45) is 0 Å². The van der Waals surface area contributed by atoms with Crippen molar-refractivity contribution < 1.29 is 21.4 Å². The Morgan fingerprint density at radius 1 is 1.20 bits per heavy atom. The molecular weight excluding hydrogens is 308 g/mol. The van der Waals surface area contributed by atoms with E-state index in [-0.39, 0.29) is 11.4 Å². The first-order valence-electron chi connectivity index (χ1n) is 5.81. The third-order valence-electron chi connectivity index (χ3n) is 2.72. The maximum Gasteiger partial charge on any atom is 0.156 e. The van der Waals surface area contributed by atoms with Gasteiger partial charge in [0.1, 0.15) is 16.5 Å². The number of anilines is 1. The average molecular weight is 325 g/mol. The molecule has 0 amide bonds. The van der Waals surface area contributed by atoms with E-state index in [0.29, 0.717) is 0 Å². The highest BCUT2D eigenvalue weighted by atomic mass is 32.2. The second-order valence-corrected chi connectivity index (χ2v) is 9.66. The molecule has 4 nitrogen and oxygen atoms in total. The van der Waals surface area contributed by atoms with Crippen molar-refractivity contribution in [2.45, 2.75) is 30.4 Å². The Kier molecular flexibility index (Phi) is 4.91. The predicted molar refractivity (Wildman–Crippen MR) is 75.6 cm³/mol. The van der Waals surface area contributed by atoms with Gasteiger partial charge in [-0.2, -0.15) is 0 Å². The molecule has 8 heteroatoms. The van der Waals surface area contributed by atoms with Crippen LogP contribution in [-0.4, -0.2) is 28.9 Å². The summed E-state index contributed by atoms with van der Waals surface area (Å²) < 4.78 is 61.7. The van der Waals surface area contributed by atoms with Crippen molar-refractivity contribution in [1.82, 2.24) is 0 Å². The summed E-state index contributed by atoms with van der Waals surface area (Å²) in [6, 6.07) is 1.71. The van der Waals surface area contributed by atoms with Gasteiger partial charge in [-0.15, -0.1) is 0 Å². The van der Waals surface area contributed by atoms with Gasteiger partial charge in [-0.3, -0.25) is 4.21 Å². The lowest BCUT2D eigenvalue weighted by Gasteiger charge is -2.18. The van der Waals surface area contributed by atoms with Crippen molar-refractivity contribution in [1.29, 1.82) is 0 Å². The summed E-state index contributed by atoms with van der Waals surface area (Å²) in [7, 11) is -5.58. The highest BCUT2D eigenvalue weighted by molar-refractivity contribution is 7.94. The molecule has 114 valence electrons. The maximum absolute atomic E-state index is 13.6. The van der Waals surface area contributed by atoms with Crippen LogP contribution in [0.15, 0.2) is 17.0 Å². The molecule has 1 rings (SSSR count). The van der Waals surface area contributed by atoms with Gasteiger partial charge in [0, 0.05) is 11.4 Å². The Morgan fingerprint density at radius 3 is 2.05 bits per heavy atom. The Bertz CT molecular complexity index is 614. The van der Waals surface area contributed by atoms with Crippen molar-refractivity contribution >= 4 is 26.3 Å². The molecule has 0 aliphatic rings. The van der Waals surface area contributed by atoms with Crippen LogP contribution in [0, 0.1) is 11.6 Å². The zero-order valence-corrected chi connectivity index (χ0v) is 13.1. The Hall–Kier alpha value is -1.02. The fourth-order valence-corrected chi connectivity index (χ4v) is 4.24. The SMILES string of the molecule is CC(C)(C)S(=O)(=O)CCS(=O)c1c(F)cc(N)cc1F. The lowest BCUT2D eigenvalue weighted by Crippen LogP contribution is -2.32. The molecule has 0 bridgehead atoms. The van der Waals surface area contributed by atoms with Crippen molar-refractivity contribution in [3.63, 3.8) is 0 Å². The normalized spacial score (nSPS) is 14.2. The molecule has 0 aromatic heterocycles. The molecule has 1 aromatic carbocycles. The molecule has 20 heavy (non-hydrogen) atoms. The van der Waals surface area contributed by atoms with E-state index in [1.807, 2.05) is 0 Å². The minimum atomic E-state index is -3.50. The fourth-order valence-electron chi connectivity index (χ4n) is 1.39. The van der Waals surface area contributed by atoms with Crippen LogP contribution in [0.1, 0.15) is 20.8 Å².